The first kappa shape index (κ1) is 12.6. The van der Waals surface area contributed by atoms with Gasteiger partial charge in [0, 0.05) is 6.07 Å². The summed E-state index contributed by atoms with van der Waals surface area (Å²) in [6.07, 6.45) is 1.28. The van der Waals surface area contributed by atoms with E-state index in [1.54, 1.807) is 24.3 Å². The molecule has 2 N–H and O–H groups in total. The summed E-state index contributed by atoms with van der Waals surface area (Å²) in [5, 5.41) is 14.6. The average molecular weight is 262 g/mol. The molecule has 19 heavy (non-hydrogen) atoms. The first-order chi connectivity index (χ1) is 9.16. The van der Waals surface area contributed by atoms with E-state index in [9.17, 15) is 9.59 Å². The molecular weight excluding hydrogens is 252 g/mol. The van der Waals surface area contributed by atoms with Crippen molar-refractivity contribution in [2.24, 2.45) is 0 Å². The number of hydrogen-bond acceptors (Lipinski definition) is 5. The number of para-hydroxylation sites is 2. The van der Waals surface area contributed by atoms with Crippen LogP contribution in [0.5, 0.6) is 5.75 Å². The zero-order chi connectivity index (χ0) is 13.7. The minimum absolute atomic E-state index is 0.119. The topological polar surface area (TPSA) is 102 Å². The van der Waals surface area contributed by atoms with Gasteiger partial charge in [-0.25, -0.2) is 4.79 Å². The van der Waals surface area contributed by atoms with Crippen LogP contribution in [0.3, 0.4) is 0 Å². The van der Waals surface area contributed by atoms with Crippen molar-refractivity contribution in [1.82, 2.24) is 5.16 Å². The lowest BCUT2D eigenvalue weighted by Crippen LogP contribution is -2.15. The highest BCUT2D eigenvalue weighted by atomic mass is 16.5. The highest BCUT2D eigenvalue weighted by Gasteiger charge is 2.12. The molecule has 0 aliphatic carbocycles. The third-order valence-electron chi connectivity index (χ3n) is 2.16. The Morgan fingerprint density at radius 2 is 2.11 bits per heavy atom. The van der Waals surface area contributed by atoms with E-state index in [0.29, 0.717) is 5.69 Å². The van der Waals surface area contributed by atoms with Crippen molar-refractivity contribution < 1.29 is 24.0 Å². The van der Waals surface area contributed by atoms with Gasteiger partial charge in [0.05, 0.1) is 5.69 Å². The maximum atomic E-state index is 11.8. The van der Waals surface area contributed by atoms with Crippen LogP contribution in [0.1, 0.15) is 10.5 Å². The Morgan fingerprint density at radius 1 is 1.32 bits per heavy atom. The number of carbonyl (C=O) groups excluding carboxylic acids is 1. The minimum atomic E-state index is -1.10. The number of nitrogens with one attached hydrogen (secondary N) is 1. The predicted molar refractivity (Wildman–Crippen MR) is 64.0 cm³/mol. The lowest BCUT2D eigenvalue weighted by Gasteiger charge is -2.10. The maximum absolute atomic E-state index is 11.8. The van der Waals surface area contributed by atoms with Crippen LogP contribution in [0.4, 0.5) is 5.69 Å². The number of nitrogens with zero attached hydrogens (tertiary/aromatic N) is 1. The number of ether oxygens (including phenoxy) is 1. The van der Waals surface area contributed by atoms with E-state index in [1.807, 2.05) is 0 Å². The second-order valence-electron chi connectivity index (χ2n) is 3.52. The Balaban J connectivity index is 2.11. The molecule has 0 aliphatic rings. The van der Waals surface area contributed by atoms with Crippen LogP contribution >= 0.6 is 0 Å². The van der Waals surface area contributed by atoms with Gasteiger partial charge in [-0.15, -0.1) is 0 Å². The molecule has 0 unspecified atom stereocenters. The van der Waals surface area contributed by atoms with Gasteiger partial charge in [0.2, 0.25) is 0 Å². The molecular formula is C12H10N2O5. The molecule has 2 rings (SSSR count). The van der Waals surface area contributed by atoms with Crippen molar-refractivity contribution in [3.63, 3.8) is 0 Å². The largest absolute Gasteiger partial charge is 0.480 e. The van der Waals surface area contributed by atoms with Gasteiger partial charge < -0.3 is 19.7 Å². The third-order valence-corrected chi connectivity index (χ3v) is 2.16. The number of benzene rings is 1. The van der Waals surface area contributed by atoms with Crippen molar-refractivity contribution in [2.75, 3.05) is 11.9 Å². The fraction of sp³-hybridized carbons (Fsp3) is 0.0833. The highest BCUT2D eigenvalue weighted by Crippen LogP contribution is 2.24. The summed E-state index contributed by atoms with van der Waals surface area (Å²) in [7, 11) is 0. The molecule has 0 spiro atoms. The molecule has 1 heterocycles. The summed E-state index contributed by atoms with van der Waals surface area (Å²) in [4.78, 5) is 22.2. The fourth-order valence-corrected chi connectivity index (χ4v) is 1.35. The number of amides is 1. The van der Waals surface area contributed by atoms with Crippen LogP contribution in [0, 0.1) is 0 Å². The molecule has 0 fully saturated rings. The second-order valence-corrected chi connectivity index (χ2v) is 3.52. The smallest absolute Gasteiger partial charge is 0.341 e. The van der Waals surface area contributed by atoms with E-state index in [0.717, 1.165) is 0 Å². The number of carboxylic acids is 1. The molecule has 0 atom stereocenters. The van der Waals surface area contributed by atoms with E-state index < -0.39 is 18.5 Å². The van der Waals surface area contributed by atoms with Gasteiger partial charge in [0.1, 0.15) is 12.0 Å². The molecule has 7 heteroatoms. The van der Waals surface area contributed by atoms with E-state index in [2.05, 4.69) is 15.0 Å². The minimum Gasteiger partial charge on any atom is -0.480 e. The van der Waals surface area contributed by atoms with Crippen LogP contribution in [-0.2, 0) is 4.79 Å². The Kier molecular flexibility index (Phi) is 3.77. The van der Waals surface area contributed by atoms with Crippen molar-refractivity contribution >= 4 is 17.6 Å². The quantitative estimate of drug-likeness (QED) is 0.844. The Bertz CT molecular complexity index is 580. The molecule has 98 valence electrons. The molecule has 2 aromatic rings. The van der Waals surface area contributed by atoms with Crippen LogP contribution < -0.4 is 10.1 Å². The SMILES string of the molecule is O=C(O)COc1ccccc1NC(=O)c1ccon1. The molecule has 1 amide bonds. The van der Waals surface area contributed by atoms with Crippen molar-refractivity contribution in [2.45, 2.75) is 0 Å². The van der Waals surface area contributed by atoms with Crippen molar-refractivity contribution in [3.8, 4) is 5.75 Å². The maximum Gasteiger partial charge on any atom is 0.341 e. The van der Waals surface area contributed by atoms with Gasteiger partial charge in [-0.3, -0.25) is 4.79 Å². The number of aromatic nitrogens is 1. The van der Waals surface area contributed by atoms with Crippen LogP contribution in [-0.4, -0.2) is 28.7 Å². The molecule has 0 aliphatic heterocycles. The summed E-state index contributed by atoms with van der Waals surface area (Å²) in [5.74, 6) is -1.31. The number of carbonyl (C=O) groups is 2. The first-order valence-electron chi connectivity index (χ1n) is 5.32. The normalized spacial score (nSPS) is 9.89. The highest BCUT2D eigenvalue weighted by molar-refractivity contribution is 6.03. The summed E-state index contributed by atoms with van der Waals surface area (Å²) in [6.45, 7) is -0.489. The molecule has 0 saturated heterocycles. The zero-order valence-electron chi connectivity index (χ0n) is 9.70. The number of hydrogen-bond donors (Lipinski definition) is 2. The second kappa shape index (κ2) is 5.67. The molecule has 0 saturated carbocycles. The van der Waals surface area contributed by atoms with E-state index in [1.165, 1.54) is 12.3 Å². The fourth-order valence-electron chi connectivity index (χ4n) is 1.35. The van der Waals surface area contributed by atoms with Crippen LogP contribution in [0.25, 0.3) is 0 Å². The molecule has 0 bridgehead atoms. The van der Waals surface area contributed by atoms with E-state index >= 15 is 0 Å². The average Bonchev–Trinajstić information content (AvgIpc) is 2.91. The number of carboxylic acid groups (broad SMARTS) is 1. The van der Waals surface area contributed by atoms with Gasteiger partial charge in [-0.1, -0.05) is 17.3 Å². The van der Waals surface area contributed by atoms with Crippen LogP contribution in [0.2, 0.25) is 0 Å². The number of anilines is 1. The van der Waals surface area contributed by atoms with Crippen LogP contribution in [0.15, 0.2) is 41.1 Å². The zero-order valence-corrected chi connectivity index (χ0v) is 9.70. The van der Waals surface area contributed by atoms with Gasteiger partial charge in [-0.05, 0) is 12.1 Å². The Hall–Kier alpha value is -2.83. The predicted octanol–water partition coefficient (Wildman–Crippen LogP) is 1.39. The summed E-state index contributed by atoms with van der Waals surface area (Å²) in [5.41, 5.74) is 0.477. The van der Waals surface area contributed by atoms with Gasteiger partial charge in [-0.2, -0.15) is 0 Å². The molecule has 0 radical (unpaired) electrons. The third kappa shape index (κ3) is 3.32. The molecule has 1 aromatic carbocycles. The standard InChI is InChI=1S/C12H10N2O5/c15-11(16)7-18-10-4-2-1-3-8(10)13-12(17)9-5-6-19-14-9/h1-6H,7H2,(H,13,17)(H,15,16). The summed E-state index contributed by atoms with van der Waals surface area (Å²) in [6, 6.07) is 7.92. The van der Waals surface area contributed by atoms with Crippen molar-refractivity contribution in [3.05, 3.63) is 42.3 Å². The number of aliphatic carboxylic acids is 1. The Morgan fingerprint density at radius 3 is 2.79 bits per heavy atom. The van der Waals surface area contributed by atoms with Gasteiger partial charge in [0.25, 0.3) is 5.91 Å². The lowest BCUT2D eigenvalue weighted by atomic mass is 10.3. The molecule has 1 aromatic heterocycles. The van der Waals surface area contributed by atoms with Gasteiger partial charge >= 0.3 is 5.97 Å². The van der Waals surface area contributed by atoms with E-state index in [-0.39, 0.29) is 11.4 Å². The monoisotopic (exact) mass is 262 g/mol. The van der Waals surface area contributed by atoms with Crippen molar-refractivity contribution in [1.29, 1.82) is 0 Å². The Labute approximate surface area is 107 Å². The van der Waals surface area contributed by atoms with Gasteiger partial charge in [0.15, 0.2) is 12.3 Å². The summed E-state index contributed by atoms with van der Waals surface area (Å²) >= 11 is 0. The van der Waals surface area contributed by atoms with E-state index in [4.69, 9.17) is 9.84 Å². The summed E-state index contributed by atoms with van der Waals surface area (Å²) < 4.78 is 9.62. The molecule has 7 nitrogen and oxygen atoms in total. The first-order valence-corrected chi connectivity index (χ1v) is 5.32. The lowest BCUT2D eigenvalue weighted by molar-refractivity contribution is -0.139. The number of rotatable bonds is 5.